The molecule has 0 radical (unpaired) electrons. The zero-order valence-corrected chi connectivity index (χ0v) is 15.6. The maximum atomic E-state index is 12.8. The van der Waals surface area contributed by atoms with Crippen molar-refractivity contribution in [2.75, 3.05) is 33.3 Å². The first-order valence-corrected chi connectivity index (χ1v) is 9.37. The molecule has 138 valence electrons. The second-order valence-corrected chi connectivity index (χ2v) is 6.91. The van der Waals surface area contributed by atoms with Gasteiger partial charge in [-0.3, -0.25) is 9.69 Å². The van der Waals surface area contributed by atoms with Crippen LogP contribution in [0.2, 0.25) is 0 Å². The van der Waals surface area contributed by atoms with Gasteiger partial charge in [-0.1, -0.05) is 54.6 Å². The van der Waals surface area contributed by atoms with Crippen LogP contribution in [0, 0.1) is 0 Å². The van der Waals surface area contributed by atoms with Crippen LogP contribution in [0.4, 0.5) is 0 Å². The van der Waals surface area contributed by atoms with Gasteiger partial charge in [0.05, 0.1) is 12.7 Å². The van der Waals surface area contributed by atoms with Gasteiger partial charge in [-0.25, -0.2) is 0 Å². The molecular formula is C23H24N2O2. The molecule has 27 heavy (non-hydrogen) atoms. The highest BCUT2D eigenvalue weighted by Crippen LogP contribution is 2.22. The Kier molecular flexibility index (Phi) is 5.07. The zero-order valence-electron chi connectivity index (χ0n) is 15.6. The highest BCUT2D eigenvalue weighted by Gasteiger charge is 2.24. The first-order valence-electron chi connectivity index (χ1n) is 9.37. The van der Waals surface area contributed by atoms with E-state index in [1.54, 1.807) is 7.11 Å². The first-order chi connectivity index (χ1) is 13.3. The predicted molar refractivity (Wildman–Crippen MR) is 108 cm³/mol. The van der Waals surface area contributed by atoms with Crippen molar-refractivity contribution in [1.82, 2.24) is 9.80 Å². The van der Waals surface area contributed by atoms with E-state index in [1.165, 1.54) is 16.3 Å². The summed E-state index contributed by atoms with van der Waals surface area (Å²) >= 11 is 0. The van der Waals surface area contributed by atoms with E-state index in [-0.39, 0.29) is 5.91 Å². The third-order valence-electron chi connectivity index (χ3n) is 5.27. The van der Waals surface area contributed by atoms with E-state index in [9.17, 15) is 4.79 Å². The number of rotatable bonds is 4. The van der Waals surface area contributed by atoms with E-state index < -0.39 is 0 Å². The van der Waals surface area contributed by atoms with Crippen molar-refractivity contribution in [1.29, 1.82) is 0 Å². The molecule has 3 aromatic carbocycles. The average molecular weight is 360 g/mol. The molecule has 4 nitrogen and oxygen atoms in total. The standard InChI is InChI=1S/C23H24N2O2/c1-27-22-12-5-4-11-21(22)23(26)25-15-13-24(14-16-25)17-19-9-6-8-18-7-2-3-10-20(18)19/h2-12H,13-17H2,1H3. The summed E-state index contributed by atoms with van der Waals surface area (Å²) in [5.74, 6) is 0.693. The summed E-state index contributed by atoms with van der Waals surface area (Å²) in [5.41, 5.74) is 1.99. The first kappa shape index (κ1) is 17.6. The molecule has 1 aliphatic rings. The Hall–Kier alpha value is -2.85. The Morgan fingerprint density at radius 3 is 2.41 bits per heavy atom. The number of carbonyl (C=O) groups is 1. The number of carbonyl (C=O) groups excluding carboxylic acids is 1. The lowest BCUT2D eigenvalue weighted by Gasteiger charge is -2.35. The third kappa shape index (κ3) is 3.67. The van der Waals surface area contributed by atoms with E-state index in [4.69, 9.17) is 4.74 Å². The second-order valence-electron chi connectivity index (χ2n) is 6.91. The summed E-state index contributed by atoms with van der Waals surface area (Å²) in [7, 11) is 1.61. The Morgan fingerprint density at radius 2 is 1.59 bits per heavy atom. The number of para-hydroxylation sites is 1. The zero-order chi connectivity index (χ0) is 18.6. The molecule has 0 unspecified atom stereocenters. The monoisotopic (exact) mass is 360 g/mol. The Labute approximate surface area is 160 Å². The number of hydrogen-bond acceptors (Lipinski definition) is 3. The van der Waals surface area contributed by atoms with E-state index in [1.807, 2.05) is 29.2 Å². The summed E-state index contributed by atoms with van der Waals surface area (Å²) < 4.78 is 5.34. The van der Waals surface area contributed by atoms with Crippen molar-refractivity contribution in [3.05, 3.63) is 77.9 Å². The number of benzene rings is 3. The van der Waals surface area contributed by atoms with Gasteiger partial charge in [-0.05, 0) is 28.5 Å². The maximum absolute atomic E-state index is 12.8. The molecule has 1 saturated heterocycles. The molecule has 4 heteroatoms. The number of fused-ring (bicyclic) bond motifs is 1. The predicted octanol–water partition coefficient (Wildman–Crippen LogP) is 3.81. The van der Waals surface area contributed by atoms with Crippen molar-refractivity contribution in [3.63, 3.8) is 0 Å². The molecule has 1 heterocycles. The Morgan fingerprint density at radius 1 is 0.889 bits per heavy atom. The number of hydrogen-bond donors (Lipinski definition) is 0. The smallest absolute Gasteiger partial charge is 0.257 e. The fourth-order valence-corrected chi connectivity index (χ4v) is 3.77. The lowest BCUT2D eigenvalue weighted by molar-refractivity contribution is 0.0626. The number of ether oxygens (including phenoxy) is 1. The van der Waals surface area contributed by atoms with Crippen molar-refractivity contribution in [2.24, 2.45) is 0 Å². The number of nitrogens with zero attached hydrogens (tertiary/aromatic N) is 2. The summed E-state index contributed by atoms with van der Waals surface area (Å²) in [6.07, 6.45) is 0. The van der Waals surface area contributed by atoms with Crippen LogP contribution in [-0.2, 0) is 6.54 Å². The highest BCUT2D eigenvalue weighted by atomic mass is 16.5. The van der Waals surface area contributed by atoms with E-state index in [2.05, 4.69) is 47.4 Å². The molecule has 0 atom stereocenters. The quantitative estimate of drug-likeness (QED) is 0.709. The fourth-order valence-electron chi connectivity index (χ4n) is 3.77. The number of piperazine rings is 1. The summed E-state index contributed by atoms with van der Waals surface area (Å²) in [5, 5.41) is 2.59. The van der Waals surface area contributed by atoms with E-state index in [0.717, 1.165) is 32.7 Å². The summed E-state index contributed by atoms with van der Waals surface area (Å²) in [6.45, 7) is 4.15. The van der Waals surface area contributed by atoms with Crippen LogP contribution >= 0.6 is 0 Å². The van der Waals surface area contributed by atoms with Gasteiger partial charge in [-0.15, -0.1) is 0 Å². The number of methoxy groups -OCH3 is 1. The van der Waals surface area contributed by atoms with Gasteiger partial charge in [0.1, 0.15) is 5.75 Å². The van der Waals surface area contributed by atoms with Gasteiger partial charge in [0, 0.05) is 32.7 Å². The maximum Gasteiger partial charge on any atom is 0.257 e. The molecule has 0 aromatic heterocycles. The largest absolute Gasteiger partial charge is 0.496 e. The van der Waals surface area contributed by atoms with Gasteiger partial charge in [-0.2, -0.15) is 0 Å². The minimum Gasteiger partial charge on any atom is -0.496 e. The number of amides is 1. The van der Waals surface area contributed by atoms with Gasteiger partial charge in [0.2, 0.25) is 0 Å². The molecule has 3 aromatic rings. The lowest BCUT2D eigenvalue weighted by atomic mass is 10.0. The van der Waals surface area contributed by atoms with Crippen LogP contribution in [-0.4, -0.2) is 49.0 Å². The van der Waals surface area contributed by atoms with Crippen LogP contribution in [0.25, 0.3) is 10.8 Å². The SMILES string of the molecule is COc1ccccc1C(=O)N1CCN(Cc2cccc3ccccc23)CC1. The third-order valence-corrected chi connectivity index (χ3v) is 5.27. The Balaban J connectivity index is 1.42. The van der Waals surface area contributed by atoms with Gasteiger partial charge < -0.3 is 9.64 Å². The Bertz CT molecular complexity index is 941. The molecular weight excluding hydrogens is 336 g/mol. The minimum absolute atomic E-state index is 0.0530. The van der Waals surface area contributed by atoms with Crippen LogP contribution in [0.3, 0.4) is 0 Å². The van der Waals surface area contributed by atoms with E-state index >= 15 is 0 Å². The van der Waals surface area contributed by atoms with Crippen LogP contribution in [0.15, 0.2) is 66.7 Å². The molecule has 0 bridgehead atoms. The molecule has 0 spiro atoms. The van der Waals surface area contributed by atoms with Gasteiger partial charge in [0.15, 0.2) is 0 Å². The van der Waals surface area contributed by atoms with Crippen LogP contribution in [0.1, 0.15) is 15.9 Å². The van der Waals surface area contributed by atoms with Crippen LogP contribution < -0.4 is 4.74 Å². The van der Waals surface area contributed by atoms with E-state index in [0.29, 0.717) is 11.3 Å². The second kappa shape index (κ2) is 7.80. The minimum atomic E-state index is 0.0530. The van der Waals surface area contributed by atoms with Crippen molar-refractivity contribution < 1.29 is 9.53 Å². The van der Waals surface area contributed by atoms with Gasteiger partial charge in [0.25, 0.3) is 5.91 Å². The molecule has 1 fully saturated rings. The summed E-state index contributed by atoms with van der Waals surface area (Å²) in [6, 6.07) is 22.4. The van der Waals surface area contributed by atoms with Crippen LogP contribution in [0.5, 0.6) is 5.75 Å². The fraction of sp³-hybridized carbons (Fsp3) is 0.261. The highest BCUT2D eigenvalue weighted by molar-refractivity contribution is 5.97. The van der Waals surface area contributed by atoms with Crippen molar-refractivity contribution in [3.8, 4) is 5.75 Å². The lowest BCUT2D eigenvalue weighted by Crippen LogP contribution is -2.48. The molecule has 4 rings (SSSR count). The summed E-state index contributed by atoms with van der Waals surface area (Å²) in [4.78, 5) is 17.2. The van der Waals surface area contributed by atoms with Gasteiger partial charge >= 0.3 is 0 Å². The van der Waals surface area contributed by atoms with Crippen molar-refractivity contribution in [2.45, 2.75) is 6.54 Å². The topological polar surface area (TPSA) is 32.8 Å². The molecule has 0 saturated carbocycles. The molecule has 0 aliphatic carbocycles. The normalized spacial score (nSPS) is 15.1. The average Bonchev–Trinajstić information content (AvgIpc) is 2.74. The van der Waals surface area contributed by atoms with Crippen molar-refractivity contribution >= 4 is 16.7 Å². The molecule has 1 amide bonds. The molecule has 0 N–H and O–H groups in total. The molecule has 1 aliphatic heterocycles.